The largest absolute Gasteiger partial charge is 0.775 e. The van der Waals surface area contributed by atoms with E-state index in [1.807, 2.05) is 27.7 Å². The Morgan fingerprint density at radius 3 is 2.26 bits per heavy atom. The molecule has 268 valence electrons. The Kier molecular flexibility index (Phi) is 10.8. The molecule has 1 aliphatic carbocycles. The molecule has 5 rings (SSSR count). The Labute approximate surface area is 298 Å². The first-order valence-electron chi connectivity index (χ1n) is 16.8. The van der Waals surface area contributed by atoms with Crippen LogP contribution in [0, 0.1) is 0 Å². The number of allylic oxidation sites excluding steroid dienone is 7. The number of hydrogen-bond donors (Lipinski definition) is 4. The molecule has 4 N–H and O–H groups in total. The molecule has 0 saturated heterocycles. The number of nitrogens with zero attached hydrogens (tertiary/aromatic N) is 2. The summed E-state index contributed by atoms with van der Waals surface area (Å²) in [5.41, 5.74) is 6.60. The molecule has 2 aliphatic heterocycles. The van der Waals surface area contributed by atoms with Crippen molar-refractivity contribution in [3.8, 4) is 0 Å². The molecule has 1 unspecified atom stereocenters. The molecule has 0 spiro atoms. The Balaban J connectivity index is 1.57. The highest BCUT2D eigenvalue weighted by Crippen LogP contribution is 2.49. The molecule has 0 aromatic heterocycles. The van der Waals surface area contributed by atoms with Crippen molar-refractivity contribution < 1.29 is 43.2 Å². The Morgan fingerprint density at radius 2 is 1.64 bits per heavy atom. The van der Waals surface area contributed by atoms with Crippen molar-refractivity contribution >= 4 is 60.6 Å². The van der Waals surface area contributed by atoms with Gasteiger partial charge >= 0.3 is 13.6 Å². The lowest BCUT2D eigenvalue weighted by Gasteiger charge is -2.26. The number of likely N-dealkylation sites (N-methyl/N-ethyl adjacent to an activating group) is 1. The maximum atomic E-state index is 12.1. The summed E-state index contributed by atoms with van der Waals surface area (Å²) in [4.78, 5) is 56.1. The van der Waals surface area contributed by atoms with Crippen molar-refractivity contribution in [1.29, 1.82) is 0 Å². The van der Waals surface area contributed by atoms with E-state index >= 15 is 0 Å². The first kappa shape index (κ1) is 38.2. The highest BCUT2D eigenvalue weighted by atomic mass is 32.2. The summed E-state index contributed by atoms with van der Waals surface area (Å²) in [7, 11) is -9.10. The average Bonchev–Trinajstić information content (AvgIpc) is 3.39. The van der Waals surface area contributed by atoms with Gasteiger partial charge < -0.3 is 34.1 Å². The van der Waals surface area contributed by atoms with Crippen LogP contribution in [0.1, 0.15) is 78.4 Å². The van der Waals surface area contributed by atoms with Gasteiger partial charge in [-0.25, -0.2) is 0 Å². The third kappa shape index (κ3) is 7.33. The first-order chi connectivity index (χ1) is 23.3. The maximum absolute atomic E-state index is 12.1. The molecule has 50 heavy (non-hydrogen) atoms. The van der Waals surface area contributed by atoms with Gasteiger partial charge in [0.05, 0.1) is 17.1 Å². The smallest absolute Gasteiger partial charge is 0.356 e. The van der Waals surface area contributed by atoms with Crippen LogP contribution in [0.2, 0.25) is 0 Å². The van der Waals surface area contributed by atoms with Crippen LogP contribution in [0.3, 0.4) is 0 Å². The van der Waals surface area contributed by atoms with Crippen LogP contribution >= 0.6 is 27.0 Å². The zero-order chi connectivity index (χ0) is 36.8. The molecule has 0 radical (unpaired) electrons. The van der Waals surface area contributed by atoms with E-state index in [1.165, 1.54) is 23.9 Å². The van der Waals surface area contributed by atoms with Crippen LogP contribution in [0.4, 0.5) is 11.4 Å². The van der Waals surface area contributed by atoms with Crippen LogP contribution in [0.25, 0.3) is 0 Å². The molecule has 0 fully saturated rings. The molecular formula is C37H46N2O8P2S. The molecule has 10 nitrogen and oxygen atoms in total. The van der Waals surface area contributed by atoms with Crippen molar-refractivity contribution in [3.63, 3.8) is 0 Å². The van der Waals surface area contributed by atoms with Gasteiger partial charge in [-0.05, 0) is 100 Å². The number of carbonyl (C=O) groups is 1. The van der Waals surface area contributed by atoms with Gasteiger partial charge in [0.2, 0.25) is 5.69 Å². The quantitative estimate of drug-likeness (QED) is 0.162. The number of benzene rings is 2. The number of anilines is 1. The van der Waals surface area contributed by atoms with Crippen LogP contribution in [-0.2, 0) is 24.8 Å². The summed E-state index contributed by atoms with van der Waals surface area (Å²) < 4.78 is 26.2. The Hall–Kier alpha value is -3.01. The summed E-state index contributed by atoms with van der Waals surface area (Å²) >= 11 is 1.54. The summed E-state index contributed by atoms with van der Waals surface area (Å²) in [6.07, 6.45) is 10.9. The normalized spacial score (nSPS) is 21.4. The van der Waals surface area contributed by atoms with Gasteiger partial charge in [-0.1, -0.05) is 26.0 Å². The number of aliphatic carboxylic acids is 1. The van der Waals surface area contributed by atoms with Crippen LogP contribution in [-0.4, -0.2) is 54.9 Å². The second-order valence-electron chi connectivity index (χ2n) is 13.9. The third-order valence-electron chi connectivity index (χ3n) is 9.97. The van der Waals surface area contributed by atoms with Gasteiger partial charge in [-0.3, -0.25) is 9.36 Å². The SMILES string of the molecule is CCN1/C(=C/C=C2\CCCC(/C=C/C3=[N+](CC)c4ccc(P(=O)([O-])O)cc4C3(C)C)=C2SCCC(=O)O)C(C)(C)c2cc(P(=O)(O)O)ccc21. The van der Waals surface area contributed by atoms with Crippen LogP contribution in [0.15, 0.2) is 82.5 Å². The minimum atomic E-state index is -4.67. The summed E-state index contributed by atoms with van der Waals surface area (Å²) in [5.74, 6) is -0.450. The molecule has 3 aliphatic rings. The van der Waals surface area contributed by atoms with E-state index in [-0.39, 0.29) is 17.0 Å². The van der Waals surface area contributed by atoms with E-state index in [2.05, 4.69) is 47.6 Å². The second kappa shape index (κ2) is 14.2. The van der Waals surface area contributed by atoms with Crippen LogP contribution < -0.4 is 20.4 Å². The minimum Gasteiger partial charge on any atom is -0.775 e. The average molecular weight is 741 g/mol. The fraction of sp³-hybridized carbons (Fsp3) is 0.405. The molecule has 2 heterocycles. The second-order valence-corrected chi connectivity index (χ2v) is 18.1. The number of fused-ring (bicyclic) bond motifs is 2. The predicted molar refractivity (Wildman–Crippen MR) is 199 cm³/mol. The topological polar surface area (TPSA) is 161 Å². The van der Waals surface area contributed by atoms with E-state index < -0.39 is 32.0 Å². The molecule has 1 atom stereocenters. The maximum Gasteiger partial charge on any atom is 0.356 e. The first-order valence-corrected chi connectivity index (χ1v) is 21.0. The highest BCUT2D eigenvalue weighted by Gasteiger charge is 2.44. The van der Waals surface area contributed by atoms with Gasteiger partial charge in [0.15, 0.2) is 13.3 Å². The summed E-state index contributed by atoms with van der Waals surface area (Å²) in [5, 5.41) is 9.31. The van der Waals surface area contributed by atoms with Gasteiger partial charge in [-0.2, -0.15) is 4.58 Å². The molecule has 0 saturated carbocycles. The number of thioether (sulfide) groups is 1. The molecule has 2 aromatic carbocycles. The van der Waals surface area contributed by atoms with Gasteiger partial charge in [-0.15, -0.1) is 11.8 Å². The zero-order valence-electron chi connectivity index (χ0n) is 29.3. The van der Waals surface area contributed by atoms with E-state index in [4.69, 9.17) is 0 Å². The van der Waals surface area contributed by atoms with E-state index in [9.17, 15) is 38.6 Å². The molecule has 0 amide bonds. The van der Waals surface area contributed by atoms with Crippen molar-refractivity contribution in [2.75, 3.05) is 23.7 Å². The lowest BCUT2D eigenvalue weighted by Crippen LogP contribution is -2.28. The van der Waals surface area contributed by atoms with E-state index in [1.54, 1.807) is 24.3 Å². The minimum absolute atomic E-state index is 0.00368. The molecule has 13 heteroatoms. The Bertz CT molecular complexity index is 1980. The van der Waals surface area contributed by atoms with Crippen LogP contribution in [0.5, 0.6) is 0 Å². The molecule has 0 bridgehead atoms. The van der Waals surface area contributed by atoms with E-state index in [0.29, 0.717) is 18.8 Å². The summed E-state index contributed by atoms with van der Waals surface area (Å²) in [6, 6.07) is 9.63. The zero-order valence-corrected chi connectivity index (χ0v) is 31.9. The fourth-order valence-electron chi connectivity index (χ4n) is 7.37. The van der Waals surface area contributed by atoms with Crippen molar-refractivity contribution in [2.24, 2.45) is 0 Å². The van der Waals surface area contributed by atoms with Gasteiger partial charge in [0, 0.05) is 57.0 Å². The molecule has 2 aromatic rings. The van der Waals surface area contributed by atoms with E-state index in [0.717, 1.165) is 69.2 Å². The summed E-state index contributed by atoms with van der Waals surface area (Å²) in [6.45, 7) is 13.6. The number of rotatable bonds is 11. The van der Waals surface area contributed by atoms with Crippen molar-refractivity contribution in [2.45, 2.75) is 78.1 Å². The lowest BCUT2D eigenvalue weighted by molar-refractivity contribution is -0.433. The standard InChI is InChI=1S/C37H46N2O8P2S/c1-7-38-30-16-14-26(48(42,43)44)22-28(30)36(3,4)32(38)18-12-24-10-9-11-25(35(24)50-21-20-34(40)41)13-19-33-37(5,6)29-23-27(49(45,46)47)15-17-31(29)39(33)8-2/h12-19,22-23H,7-11,20-21H2,1-6H3,(H4-,40,41,42,43,44,45,46,47). The van der Waals surface area contributed by atoms with Gasteiger partial charge in [0.1, 0.15) is 6.54 Å². The third-order valence-corrected chi connectivity index (χ3v) is 13.1. The van der Waals surface area contributed by atoms with Crippen molar-refractivity contribution in [3.05, 3.63) is 93.6 Å². The number of carboxylic acid groups (broad SMARTS) is 1. The number of carboxylic acids is 1. The highest BCUT2D eigenvalue weighted by molar-refractivity contribution is 8.03. The molecular weight excluding hydrogens is 694 g/mol. The monoisotopic (exact) mass is 740 g/mol. The fourth-order valence-corrected chi connectivity index (χ4v) is 9.68. The van der Waals surface area contributed by atoms with Gasteiger partial charge in [0.25, 0.3) is 0 Å². The Morgan fingerprint density at radius 1 is 0.960 bits per heavy atom. The lowest BCUT2D eigenvalue weighted by atomic mass is 9.81. The number of hydrogen-bond acceptors (Lipinski definition) is 6. The predicted octanol–water partition coefficient (Wildman–Crippen LogP) is 5.89. The van der Waals surface area contributed by atoms with Crippen molar-refractivity contribution in [1.82, 2.24) is 0 Å².